The van der Waals surface area contributed by atoms with Crippen LogP contribution in [0.4, 0.5) is 4.39 Å². The van der Waals surface area contributed by atoms with E-state index in [0.717, 1.165) is 24.8 Å². The Hall–Kier alpha value is -1.09. The predicted octanol–water partition coefficient (Wildman–Crippen LogP) is 2.50. The van der Waals surface area contributed by atoms with Gasteiger partial charge in [0.25, 0.3) is 0 Å². The molecule has 1 aliphatic carbocycles. The Morgan fingerprint density at radius 1 is 1.44 bits per heavy atom. The third-order valence-electron chi connectivity index (χ3n) is 3.09. The van der Waals surface area contributed by atoms with Gasteiger partial charge in [-0.25, -0.2) is 4.39 Å². The van der Waals surface area contributed by atoms with E-state index < -0.39 is 0 Å². The van der Waals surface area contributed by atoms with Gasteiger partial charge in [0.15, 0.2) is 11.6 Å². The van der Waals surface area contributed by atoms with E-state index in [0.29, 0.717) is 24.3 Å². The fraction of sp³-hybridized carbons (Fsp3) is 0.538. The molecule has 2 N–H and O–H groups in total. The molecule has 1 aromatic carbocycles. The van der Waals surface area contributed by atoms with E-state index in [1.165, 1.54) is 0 Å². The van der Waals surface area contributed by atoms with Crippen molar-refractivity contribution in [3.8, 4) is 5.75 Å². The van der Waals surface area contributed by atoms with Crippen LogP contribution in [-0.4, -0.2) is 12.6 Å². The number of nitrogens with two attached hydrogens (primary N) is 1. The minimum atomic E-state index is -0.261. The highest BCUT2D eigenvalue weighted by molar-refractivity contribution is 5.29. The number of hydrogen-bond donors (Lipinski definition) is 1. The minimum absolute atomic E-state index is 0.261. The van der Waals surface area contributed by atoms with E-state index in [9.17, 15) is 4.39 Å². The van der Waals surface area contributed by atoms with Crippen molar-refractivity contribution in [3.05, 3.63) is 29.6 Å². The Bertz CT molecular complexity index is 361. The van der Waals surface area contributed by atoms with Gasteiger partial charge in [-0.2, -0.15) is 0 Å². The molecule has 2 nitrogen and oxygen atoms in total. The molecule has 1 saturated carbocycles. The molecule has 0 bridgehead atoms. The molecule has 2 rings (SSSR count). The summed E-state index contributed by atoms with van der Waals surface area (Å²) in [6, 6.07) is 5.59. The van der Waals surface area contributed by atoms with Crippen molar-refractivity contribution in [2.24, 2.45) is 11.7 Å². The highest BCUT2D eigenvalue weighted by Gasteiger charge is 2.25. The molecule has 1 fully saturated rings. The molecule has 0 amide bonds. The van der Waals surface area contributed by atoms with Gasteiger partial charge in [-0.3, -0.25) is 0 Å². The summed E-state index contributed by atoms with van der Waals surface area (Å²) in [6.07, 6.45) is 3.06. The van der Waals surface area contributed by atoms with Gasteiger partial charge < -0.3 is 10.5 Å². The lowest BCUT2D eigenvalue weighted by atomic mass is 9.77. The maximum atomic E-state index is 13.5. The normalized spacial score (nSPS) is 23.9. The molecule has 1 aromatic rings. The molecule has 0 aromatic heterocycles. The van der Waals surface area contributed by atoms with Gasteiger partial charge in [0.1, 0.15) is 0 Å². The first kappa shape index (κ1) is 11.4. The molecule has 16 heavy (non-hydrogen) atoms. The summed E-state index contributed by atoms with van der Waals surface area (Å²) in [5.41, 5.74) is 6.76. The van der Waals surface area contributed by atoms with Crippen LogP contribution in [0.1, 0.15) is 25.3 Å². The van der Waals surface area contributed by atoms with Crippen LogP contribution in [-0.2, 0) is 6.42 Å². The van der Waals surface area contributed by atoms with Crippen LogP contribution >= 0.6 is 0 Å². The summed E-state index contributed by atoms with van der Waals surface area (Å²) >= 11 is 0. The molecule has 3 heteroatoms. The number of halogens is 1. The molecule has 0 saturated heterocycles. The van der Waals surface area contributed by atoms with Crippen molar-refractivity contribution >= 4 is 0 Å². The van der Waals surface area contributed by atoms with Crippen LogP contribution in [0, 0.1) is 11.7 Å². The van der Waals surface area contributed by atoms with Gasteiger partial charge in [0.2, 0.25) is 0 Å². The fourth-order valence-corrected chi connectivity index (χ4v) is 2.23. The Balaban J connectivity index is 1.98. The van der Waals surface area contributed by atoms with E-state index in [4.69, 9.17) is 10.5 Å². The third-order valence-corrected chi connectivity index (χ3v) is 3.09. The van der Waals surface area contributed by atoms with Crippen molar-refractivity contribution < 1.29 is 9.13 Å². The lowest BCUT2D eigenvalue weighted by Crippen LogP contribution is -2.37. The summed E-state index contributed by atoms with van der Waals surface area (Å²) in [5, 5.41) is 0. The molecule has 0 atom stereocenters. The molecule has 0 aliphatic heterocycles. The first-order valence-corrected chi connectivity index (χ1v) is 5.86. The highest BCUT2D eigenvalue weighted by atomic mass is 19.1. The van der Waals surface area contributed by atoms with Crippen molar-refractivity contribution in [3.63, 3.8) is 0 Å². The lowest BCUT2D eigenvalue weighted by Gasteiger charge is -2.32. The summed E-state index contributed by atoms with van der Waals surface area (Å²) in [5.74, 6) is 0.715. The lowest BCUT2D eigenvalue weighted by molar-refractivity contribution is 0.264. The van der Waals surface area contributed by atoms with Crippen molar-refractivity contribution in [1.82, 2.24) is 0 Å². The van der Waals surface area contributed by atoms with Crippen molar-refractivity contribution in [1.29, 1.82) is 0 Å². The van der Waals surface area contributed by atoms with Crippen LogP contribution in [0.5, 0.6) is 5.75 Å². The van der Waals surface area contributed by atoms with Gasteiger partial charge in [0.05, 0.1) is 6.61 Å². The zero-order valence-electron chi connectivity index (χ0n) is 9.58. The standard InChI is InChI=1S/C13H18FNO/c1-2-16-13-4-3-9(8-12(13)14)5-10-6-11(15)7-10/h3-4,8,10-11H,2,5-7,15H2,1H3. The monoisotopic (exact) mass is 223 g/mol. The molecule has 0 radical (unpaired) electrons. The van der Waals surface area contributed by atoms with Crippen LogP contribution in [0.3, 0.4) is 0 Å². The van der Waals surface area contributed by atoms with Gasteiger partial charge >= 0.3 is 0 Å². The van der Waals surface area contributed by atoms with E-state index in [2.05, 4.69) is 0 Å². The molecule has 0 spiro atoms. The van der Waals surface area contributed by atoms with Gasteiger partial charge in [-0.1, -0.05) is 6.07 Å². The molecular formula is C13H18FNO. The van der Waals surface area contributed by atoms with E-state index in [-0.39, 0.29) is 5.82 Å². The van der Waals surface area contributed by atoms with Crippen LogP contribution in [0.15, 0.2) is 18.2 Å². The topological polar surface area (TPSA) is 35.2 Å². The summed E-state index contributed by atoms with van der Waals surface area (Å²) < 4.78 is 18.7. The first-order chi connectivity index (χ1) is 7.69. The van der Waals surface area contributed by atoms with Crippen molar-refractivity contribution in [2.75, 3.05) is 6.61 Å². The van der Waals surface area contributed by atoms with Gasteiger partial charge in [-0.05, 0) is 49.8 Å². The Kier molecular flexibility index (Phi) is 3.44. The molecule has 88 valence electrons. The quantitative estimate of drug-likeness (QED) is 0.851. The Morgan fingerprint density at radius 2 is 2.19 bits per heavy atom. The van der Waals surface area contributed by atoms with E-state index in [1.807, 2.05) is 13.0 Å². The third kappa shape index (κ3) is 2.53. The van der Waals surface area contributed by atoms with Crippen molar-refractivity contribution in [2.45, 2.75) is 32.2 Å². The number of hydrogen-bond acceptors (Lipinski definition) is 2. The minimum Gasteiger partial charge on any atom is -0.491 e. The number of ether oxygens (including phenoxy) is 1. The summed E-state index contributed by atoms with van der Waals surface area (Å²) in [7, 11) is 0. The summed E-state index contributed by atoms with van der Waals surface area (Å²) in [4.78, 5) is 0. The largest absolute Gasteiger partial charge is 0.491 e. The zero-order valence-corrected chi connectivity index (χ0v) is 9.58. The average Bonchev–Trinajstić information content (AvgIpc) is 2.20. The van der Waals surface area contributed by atoms with Crippen LogP contribution < -0.4 is 10.5 Å². The smallest absolute Gasteiger partial charge is 0.165 e. The SMILES string of the molecule is CCOc1ccc(CC2CC(N)C2)cc1F. The number of rotatable bonds is 4. The van der Waals surface area contributed by atoms with E-state index in [1.54, 1.807) is 12.1 Å². The Labute approximate surface area is 95.6 Å². The Morgan fingerprint density at radius 3 is 2.75 bits per heavy atom. The van der Waals surface area contributed by atoms with Gasteiger partial charge in [-0.15, -0.1) is 0 Å². The fourth-order valence-electron chi connectivity index (χ4n) is 2.23. The predicted molar refractivity (Wildman–Crippen MR) is 62.0 cm³/mol. The summed E-state index contributed by atoms with van der Waals surface area (Å²) in [6.45, 7) is 2.34. The molecule has 0 unspecified atom stereocenters. The van der Waals surface area contributed by atoms with Gasteiger partial charge in [0, 0.05) is 6.04 Å². The second-order valence-electron chi connectivity index (χ2n) is 4.50. The van der Waals surface area contributed by atoms with Crippen LogP contribution in [0.2, 0.25) is 0 Å². The van der Waals surface area contributed by atoms with E-state index >= 15 is 0 Å². The maximum absolute atomic E-state index is 13.5. The average molecular weight is 223 g/mol. The second kappa shape index (κ2) is 4.83. The molecular weight excluding hydrogens is 205 g/mol. The second-order valence-corrected chi connectivity index (χ2v) is 4.50. The first-order valence-electron chi connectivity index (χ1n) is 5.86. The van der Waals surface area contributed by atoms with Crippen LogP contribution in [0.25, 0.3) is 0 Å². The molecule has 1 aliphatic rings. The maximum Gasteiger partial charge on any atom is 0.165 e. The number of benzene rings is 1. The molecule has 0 heterocycles. The zero-order chi connectivity index (χ0) is 11.5. The highest BCUT2D eigenvalue weighted by Crippen LogP contribution is 2.30.